The van der Waals surface area contributed by atoms with Crippen LogP contribution >= 0.6 is 15.9 Å². The lowest BCUT2D eigenvalue weighted by atomic mass is 10.1. The smallest absolute Gasteiger partial charge is 0.125 e. The number of halogens is 1. The van der Waals surface area contributed by atoms with Crippen LogP contribution in [0.5, 0.6) is 5.75 Å². The normalized spacial score (nSPS) is 12.1. The molecule has 1 heterocycles. The van der Waals surface area contributed by atoms with E-state index in [1.807, 2.05) is 18.3 Å². The number of pyridine rings is 1. The highest BCUT2D eigenvalue weighted by atomic mass is 79.9. The number of hydrogen-bond donors (Lipinski definition) is 1. The molecule has 0 fully saturated rings. The molecular weight excluding hydrogens is 328 g/mol. The van der Waals surface area contributed by atoms with Gasteiger partial charge in [0.05, 0.1) is 6.61 Å². The van der Waals surface area contributed by atoms with Crippen LogP contribution in [0.2, 0.25) is 0 Å². The Labute approximate surface area is 134 Å². The van der Waals surface area contributed by atoms with Crippen molar-refractivity contribution in [1.29, 1.82) is 0 Å². The van der Waals surface area contributed by atoms with Gasteiger partial charge < -0.3 is 10.1 Å². The van der Waals surface area contributed by atoms with Crippen LogP contribution in [0.4, 0.5) is 0 Å². The molecule has 0 aliphatic rings. The first-order chi connectivity index (χ1) is 10.2. The Bertz CT molecular complexity index is 560. The number of aromatic nitrogens is 1. The minimum Gasteiger partial charge on any atom is -0.493 e. The second-order valence-corrected chi connectivity index (χ2v) is 5.84. The molecule has 0 spiro atoms. The number of nitrogens with one attached hydrogen (secondary N) is 1. The molecule has 21 heavy (non-hydrogen) atoms. The summed E-state index contributed by atoms with van der Waals surface area (Å²) in [4.78, 5) is 4.12. The summed E-state index contributed by atoms with van der Waals surface area (Å²) in [6.07, 6.45) is 4.52. The van der Waals surface area contributed by atoms with Crippen LogP contribution in [0.1, 0.15) is 31.0 Å². The molecule has 2 rings (SSSR count). The highest BCUT2D eigenvalue weighted by Crippen LogP contribution is 2.28. The van der Waals surface area contributed by atoms with Gasteiger partial charge in [0.1, 0.15) is 5.75 Å². The molecule has 1 atom stereocenters. The van der Waals surface area contributed by atoms with Gasteiger partial charge in [-0.15, -0.1) is 0 Å². The van der Waals surface area contributed by atoms with Gasteiger partial charge in [0.15, 0.2) is 0 Å². The number of ether oxygens (including phenoxy) is 1. The molecule has 2 aromatic rings. The molecule has 0 aliphatic carbocycles. The summed E-state index contributed by atoms with van der Waals surface area (Å²) in [6, 6.07) is 10.5. The summed E-state index contributed by atoms with van der Waals surface area (Å²) in [5.41, 5.74) is 2.38. The molecule has 1 aromatic carbocycles. The highest BCUT2D eigenvalue weighted by Gasteiger charge is 2.11. The van der Waals surface area contributed by atoms with Crippen molar-refractivity contribution in [3.63, 3.8) is 0 Å². The number of benzene rings is 1. The minimum absolute atomic E-state index is 0.275. The van der Waals surface area contributed by atoms with Crippen LogP contribution in [0.15, 0.2) is 47.2 Å². The van der Waals surface area contributed by atoms with E-state index in [1.54, 1.807) is 6.20 Å². The first kappa shape index (κ1) is 16.0. The van der Waals surface area contributed by atoms with Crippen molar-refractivity contribution in [3.8, 4) is 5.75 Å². The van der Waals surface area contributed by atoms with Gasteiger partial charge in [-0.2, -0.15) is 0 Å². The van der Waals surface area contributed by atoms with Crippen molar-refractivity contribution in [2.75, 3.05) is 13.2 Å². The first-order valence-corrected chi connectivity index (χ1v) is 8.04. The number of rotatable bonds is 7. The molecule has 1 N–H and O–H groups in total. The Kier molecular flexibility index (Phi) is 6.21. The van der Waals surface area contributed by atoms with Crippen LogP contribution in [0.3, 0.4) is 0 Å². The van der Waals surface area contributed by atoms with E-state index in [-0.39, 0.29) is 6.04 Å². The lowest BCUT2D eigenvalue weighted by Gasteiger charge is -2.18. The average Bonchev–Trinajstić information content (AvgIpc) is 2.49. The maximum atomic E-state index is 5.99. The summed E-state index contributed by atoms with van der Waals surface area (Å²) in [5, 5.41) is 3.42. The molecular formula is C17H21BrN2O. The third-order valence-corrected chi connectivity index (χ3v) is 3.82. The van der Waals surface area contributed by atoms with E-state index < -0.39 is 0 Å². The lowest BCUT2D eigenvalue weighted by Crippen LogP contribution is -2.18. The summed E-state index contributed by atoms with van der Waals surface area (Å²) in [7, 11) is 0. The summed E-state index contributed by atoms with van der Waals surface area (Å²) in [6.45, 7) is 5.85. The van der Waals surface area contributed by atoms with E-state index in [1.165, 1.54) is 11.1 Å². The van der Waals surface area contributed by atoms with Crippen LogP contribution < -0.4 is 10.1 Å². The Morgan fingerprint density at radius 2 is 2.19 bits per heavy atom. The number of hydrogen-bond acceptors (Lipinski definition) is 3. The zero-order chi connectivity index (χ0) is 15.1. The maximum absolute atomic E-state index is 5.99. The maximum Gasteiger partial charge on any atom is 0.125 e. The molecule has 0 amide bonds. The van der Waals surface area contributed by atoms with Crippen LogP contribution in [-0.2, 0) is 6.42 Å². The van der Waals surface area contributed by atoms with E-state index in [9.17, 15) is 0 Å². The Balaban J connectivity index is 2.02. The van der Waals surface area contributed by atoms with Gasteiger partial charge >= 0.3 is 0 Å². The van der Waals surface area contributed by atoms with Gasteiger partial charge in [0.2, 0.25) is 0 Å². The van der Waals surface area contributed by atoms with Gasteiger partial charge in [0.25, 0.3) is 0 Å². The van der Waals surface area contributed by atoms with Gasteiger partial charge in [-0.25, -0.2) is 0 Å². The molecule has 0 radical (unpaired) electrons. The molecule has 3 nitrogen and oxygen atoms in total. The zero-order valence-corrected chi connectivity index (χ0v) is 14.1. The highest BCUT2D eigenvalue weighted by molar-refractivity contribution is 9.10. The zero-order valence-electron chi connectivity index (χ0n) is 12.5. The quantitative estimate of drug-likeness (QED) is 0.816. The first-order valence-electron chi connectivity index (χ1n) is 7.25. The Morgan fingerprint density at radius 1 is 1.33 bits per heavy atom. The third kappa shape index (κ3) is 4.83. The monoisotopic (exact) mass is 348 g/mol. The predicted molar refractivity (Wildman–Crippen MR) is 89.7 cm³/mol. The molecule has 0 saturated heterocycles. The third-order valence-electron chi connectivity index (χ3n) is 3.32. The summed E-state index contributed by atoms with van der Waals surface area (Å²) < 4.78 is 7.03. The van der Waals surface area contributed by atoms with Crippen molar-refractivity contribution >= 4 is 15.9 Å². The van der Waals surface area contributed by atoms with Crippen molar-refractivity contribution < 1.29 is 4.74 Å². The molecule has 1 aromatic heterocycles. The predicted octanol–water partition coefficient (Wildman–Crippen LogP) is 4.14. The SMILES string of the molecule is CCNC(C)c1ccc(Br)cc1OCCc1cccnc1. The second-order valence-electron chi connectivity index (χ2n) is 4.92. The standard InChI is InChI=1S/C17H21BrN2O/c1-3-20-13(2)16-7-6-15(18)11-17(16)21-10-8-14-5-4-9-19-12-14/h4-7,9,11-13,20H,3,8,10H2,1-2H3. The summed E-state index contributed by atoms with van der Waals surface area (Å²) in [5.74, 6) is 0.932. The van der Waals surface area contributed by atoms with Crippen molar-refractivity contribution in [1.82, 2.24) is 10.3 Å². The molecule has 4 heteroatoms. The van der Waals surface area contributed by atoms with Crippen molar-refractivity contribution in [3.05, 3.63) is 58.3 Å². The average molecular weight is 349 g/mol. The van der Waals surface area contributed by atoms with Gasteiger partial charge in [-0.1, -0.05) is 35.0 Å². The van der Waals surface area contributed by atoms with E-state index >= 15 is 0 Å². The fourth-order valence-electron chi connectivity index (χ4n) is 2.23. The summed E-state index contributed by atoms with van der Waals surface area (Å²) >= 11 is 3.51. The van der Waals surface area contributed by atoms with Crippen molar-refractivity contribution in [2.24, 2.45) is 0 Å². The molecule has 1 unspecified atom stereocenters. The Morgan fingerprint density at radius 3 is 2.90 bits per heavy atom. The second kappa shape index (κ2) is 8.15. The van der Waals surface area contributed by atoms with Crippen LogP contribution in [0, 0.1) is 0 Å². The van der Waals surface area contributed by atoms with Crippen LogP contribution in [-0.4, -0.2) is 18.1 Å². The topological polar surface area (TPSA) is 34.1 Å². The molecule has 0 saturated carbocycles. The van der Waals surface area contributed by atoms with E-state index in [0.29, 0.717) is 6.61 Å². The van der Waals surface area contributed by atoms with Crippen molar-refractivity contribution in [2.45, 2.75) is 26.3 Å². The minimum atomic E-state index is 0.275. The fourth-order valence-corrected chi connectivity index (χ4v) is 2.57. The van der Waals surface area contributed by atoms with Crippen LogP contribution in [0.25, 0.3) is 0 Å². The molecule has 0 bridgehead atoms. The number of nitrogens with zero attached hydrogens (tertiary/aromatic N) is 1. The molecule has 112 valence electrons. The van der Waals surface area contributed by atoms with Gasteiger partial charge in [-0.3, -0.25) is 4.98 Å². The van der Waals surface area contributed by atoms with E-state index in [4.69, 9.17) is 4.74 Å². The van der Waals surface area contributed by atoms with E-state index in [2.05, 4.69) is 58.3 Å². The largest absolute Gasteiger partial charge is 0.493 e. The fraction of sp³-hybridized carbons (Fsp3) is 0.353. The lowest BCUT2D eigenvalue weighted by molar-refractivity contribution is 0.315. The van der Waals surface area contributed by atoms with Gasteiger partial charge in [-0.05, 0) is 37.2 Å². The van der Waals surface area contributed by atoms with Gasteiger partial charge in [0, 0.05) is 34.9 Å². The Hall–Kier alpha value is -1.39. The molecule has 0 aliphatic heterocycles. The van der Waals surface area contributed by atoms with E-state index in [0.717, 1.165) is 23.2 Å².